The Labute approximate surface area is 180 Å². The topological polar surface area (TPSA) is 87.2 Å². The molecule has 0 saturated carbocycles. The molecule has 0 radical (unpaired) electrons. The van der Waals surface area contributed by atoms with Crippen LogP contribution in [0.3, 0.4) is 0 Å². The molecule has 2 amide bonds. The number of halogens is 3. The highest BCUT2D eigenvalue weighted by atomic mass is 35.5. The lowest BCUT2D eigenvalue weighted by molar-refractivity contribution is -0.117. The first-order valence-electron chi connectivity index (χ1n) is 7.96. The van der Waals surface area contributed by atoms with Crippen LogP contribution in [0.4, 0.5) is 5.69 Å². The van der Waals surface area contributed by atoms with Gasteiger partial charge in [-0.25, -0.2) is 0 Å². The van der Waals surface area contributed by atoms with Crippen LogP contribution in [0, 0.1) is 11.3 Å². The van der Waals surface area contributed by atoms with E-state index in [1.165, 1.54) is 4.90 Å². The zero-order valence-corrected chi connectivity index (χ0v) is 17.2. The summed E-state index contributed by atoms with van der Waals surface area (Å²) in [6, 6.07) is 13.3. The van der Waals surface area contributed by atoms with Gasteiger partial charge in [0.05, 0.1) is 5.25 Å². The molecule has 0 aliphatic carbocycles. The highest BCUT2D eigenvalue weighted by Crippen LogP contribution is 2.42. The first-order chi connectivity index (χ1) is 13.3. The Kier molecular flexibility index (Phi) is 6.21. The van der Waals surface area contributed by atoms with Gasteiger partial charge in [0.1, 0.15) is 16.7 Å². The second-order valence-electron chi connectivity index (χ2n) is 5.85. The van der Waals surface area contributed by atoms with Crippen molar-refractivity contribution in [1.82, 2.24) is 0 Å². The summed E-state index contributed by atoms with van der Waals surface area (Å²) in [6.07, 6.45) is 0.296. The van der Waals surface area contributed by atoms with E-state index in [2.05, 4.69) is 0 Å². The van der Waals surface area contributed by atoms with E-state index >= 15 is 0 Å². The molecule has 3 rings (SSSR count). The molecule has 0 unspecified atom stereocenters. The number of hydrogen-bond donors (Lipinski definition) is 1. The van der Waals surface area contributed by atoms with E-state index in [4.69, 9.17) is 40.5 Å². The van der Waals surface area contributed by atoms with Gasteiger partial charge < -0.3 is 5.73 Å². The molecule has 5 nitrogen and oxygen atoms in total. The van der Waals surface area contributed by atoms with E-state index in [0.717, 1.165) is 17.3 Å². The third-order valence-corrected chi connectivity index (χ3v) is 6.13. The number of nitriles is 1. The predicted molar refractivity (Wildman–Crippen MR) is 112 cm³/mol. The Morgan fingerprint density at radius 2 is 1.79 bits per heavy atom. The van der Waals surface area contributed by atoms with Crippen molar-refractivity contribution in [2.24, 2.45) is 5.73 Å². The molecule has 28 heavy (non-hydrogen) atoms. The van der Waals surface area contributed by atoms with E-state index in [1.54, 1.807) is 48.5 Å². The fourth-order valence-electron chi connectivity index (χ4n) is 2.71. The molecular formula is C19H12Cl3N3O2S. The van der Waals surface area contributed by atoms with E-state index in [1.807, 2.05) is 0 Å². The van der Waals surface area contributed by atoms with Crippen LogP contribution in [-0.4, -0.2) is 17.1 Å². The second-order valence-corrected chi connectivity index (χ2v) is 8.32. The smallest absolute Gasteiger partial charge is 0.262 e. The maximum atomic E-state index is 13.1. The number of hydrogen-bond acceptors (Lipinski definition) is 4. The number of amides is 2. The van der Waals surface area contributed by atoms with Crippen LogP contribution in [0.15, 0.2) is 53.1 Å². The lowest BCUT2D eigenvalue weighted by Gasteiger charge is -2.18. The number of thioether (sulfide) groups is 1. The number of primary amides is 1. The number of carbonyl (C=O) groups excluding carboxylic acids is 2. The normalized spacial score (nSPS) is 18.1. The molecule has 0 bridgehead atoms. The summed E-state index contributed by atoms with van der Waals surface area (Å²) in [4.78, 5) is 26.2. The van der Waals surface area contributed by atoms with Crippen molar-refractivity contribution in [1.29, 1.82) is 5.26 Å². The SMILES string of the molecule is N#C/C(C(N)=O)=C1\S[C@H](Cc2ccc(Cl)cc2Cl)C(=O)N1c1ccc(Cl)cc1. The molecule has 0 aromatic heterocycles. The van der Waals surface area contributed by atoms with Crippen LogP contribution in [0.1, 0.15) is 5.56 Å². The summed E-state index contributed by atoms with van der Waals surface area (Å²) in [6.45, 7) is 0. The zero-order chi connectivity index (χ0) is 20.4. The molecule has 1 fully saturated rings. The first-order valence-corrected chi connectivity index (χ1v) is 9.97. The molecule has 9 heteroatoms. The maximum Gasteiger partial charge on any atom is 0.262 e. The number of nitrogens with two attached hydrogens (primary N) is 1. The fourth-order valence-corrected chi connectivity index (χ4v) is 4.63. The fraction of sp³-hybridized carbons (Fsp3) is 0.105. The minimum absolute atomic E-state index is 0.192. The minimum atomic E-state index is -0.901. The number of benzene rings is 2. The van der Waals surface area contributed by atoms with Crippen LogP contribution >= 0.6 is 46.6 Å². The van der Waals surface area contributed by atoms with Gasteiger partial charge >= 0.3 is 0 Å². The summed E-state index contributed by atoms with van der Waals surface area (Å²) < 4.78 is 0. The molecule has 1 heterocycles. The molecule has 2 aromatic carbocycles. The molecule has 142 valence electrons. The average molecular weight is 453 g/mol. The van der Waals surface area contributed by atoms with Crippen LogP contribution in [0.25, 0.3) is 0 Å². The standard InChI is InChI=1S/C19H12Cl3N3O2S/c20-11-3-5-13(6-4-11)25-18(27)16(28-19(25)14(9-23)17(24)26)7-10-1-2-12(21)8-15(10)22/h1-6,8,16H,7H2,(H2,24,26)/b19-14+/t16-/m1/s1. The van der Waals surface area contributed by atoms with Crippen molar-refractivity contribution >= 4 is 64.1 Å². The lowest BCUT2D eigenvalue weighted by atomic mass is 10.1. The first kappa shape index (κ1) is 20.6. The molecule has 2 N–H and O–H groups in total. The van der Waals surface area contributed by atoms with Crippen LogP contribution in [0.2, 0.25) is 15.1 Å². The Morgan fingerprint density at radius 3 is 2.36 bits per heavy atom. The van der Waals surface area contributed by atoms with Crippen molar-refractivity contribution < 1.29 is 9.59 Å². The highest BCUT2D eigenvalue weighted by Gasteiger charge is 2.40. The monoisotopic (exact) mass is 451 g/mol. The summed E-state index contributed by atoms with van der Waals surface area (Å²) >= 11 is 19.2. The second kappa shape index (κ2) is 8.46. The lowest BCUT2D eigenvalue weighted by Crippen LogP contribution is -2.31. The summed E-state index contributed by atoms with van der Waals surface area (Å²) in [5, 5.41) is 10.4. The van der Waals surface area contributed by atoms with Crippen LogP contribution in [0.5, 0.6) is 0 Å². The highest BCUT2D eigenvalue weighted by molar-refractivity contribution is 8.05. The van der Waals surface area contributed by atoms with Crippen molar-refractivity contribution in [2.75, 3.05) is 4.90 Å². The number of anilines is 1. The Balaban J connectivity index is 2.04. The predicted octanol–water partition coefficient (Wildman–Crippen LogP) is 4.56. The van der Waals surface area contributed by atoms with Gasteiger partial charge in [0.25, 0.3) is 5.91 Å². The molecule has 1 atom stereocenters. The Bertz CT molecular complexity index is 1030. The summed E-state index contributed by atoms with van der Waals surface area (Å²) in [5.41, 5.74) is 6.28. The minimum Gasteiger partial charge on any atom is -0.365 e. The van der Waals surface area contributed by atoms with E-state index in [0.29, 0.717) is 27.2 Å². The molecule has 2 aromatic rings. The third kappa shape index (κ3) is 4.13. The number of nitrogens with zero attached hydrogens (tertiary/aromatic N) is 2. The van der Waals surface area contributed by atoms with E-state index < -0.39 is 11.2 Å². The van der Waals surface area contributed by atoms with Crippen molar-refractivity contribution in [3.05, 3.63) is 73.7 Å². The summed E-state index contributed by atoms with van der Waals surface area (Å²) in [7, 11) is 0. The Hall–Kier alpha value is -2.17. The summed E-state index contributed by atoms with van der Waals surface area (Å²) in [5.74, 6) is -1.19. The van der Waals surface area contributed by atoms with Gasteiger partial charge in [-0.15, -0.1) is 0 Å². The third-order valence-electron chi connectivity index (χ3n) is 4.03. The van der Waals surface area contributed by atoms with Gasteiger partial charge in [-0.05, 0) is 48.4 Å². The number of rotatable bonds is 4. The van der Waals surface area contributed by atoms with Gasteiger partial charge in [0.2, 0.25) is 5.91 Å². The zero-order valence-electron chi connectivity index (χ0n) is 14.2. The molecule has 1 aliphatic heterocycles. The molecule has 1 saturated heterocycles. The van der Waals surface area contributed by atoms with Crippen molar-refractivity contribution in [2.45, 2.75) is 11.7 Å². The van der Waals surface area contributed by atoms with Gasteiger partial charge in [-0.3, -0.25) is 14.5 Å². The Morgan fingerprint density at radius 1 is 1.14 bits per heavy atom. The van der Waals surface area contributed by atoms with Gasteiger partial charge in [-0.2, -0.15) is 5.26 Å². The quantitative estimate of drug-likeness (QED) is 0.544. The largest absolute Gasteiger partial charge is 0.365 e. The van der Waals surface area contributed by atoms with Gasteiger partial charge in [0.15, 0.2) is 0 Å². The van der Waals surface area contributed by atoms with Crippen LogP contribution in [-0.2, 0) is 16.0 Å². The molecular weight excluding hydrogens is 441 g/mol. The van der Waals surface area contributed by atoms with Crippen LogP contribution < -0.4 is 10.6 Å². The molecule has 1 aliphatic rings. The van der Waals surface area contributed by atoms with Gasteiger partial charge in [-0.1, -0.05) is 52.6 Å². The van der Waals surface area contributed by atoms with Crippen molar-refractivity contribution in [3.63, 3.8) is 0 Å². The maximum absolute atomic E-state index is 13.1. The average Bonchev–Trinajstić information content (AvgIpc) is 2.95. The van der Waals surface area contributed by atoms with Crippen molar-refractivity contribution in [3.8, 4) is 6.07 Å². The number of carbonyl (C=O) groups is 2. The van der Waals surface area contributed by atoms with Gasteiger partial charge in [0, 0.05) is 20.8 Å². The van der Waals surface area contributed by atoms with E-state index in [9.17, 15) is 14.9 Å². The van der Waals surface area contributed by atoms with E-state index in [-0.39, 0.29) is 16.5 Å². The molecule has 0 spiro atoms.